The molecule has 5 nitrogen and oxygen atoms in total. The Hall–Kier alpha value is -1.59. The second kappa shape index (κ2) is 9.64. The molecule has 1 heterocycles. The predicted octanol–water partition coefficient (Wildman–Crippen LogP) is 2.79. The van der Waals surface area contributed by atoms with Crippen LogP contribution < -0.4 is 10.6 Å². The molecule has 2 atom stereocenters. The summed E-state index contributed by atoms with van der Waals surface area (Å²) in [5, 5.41) is 6.07. The molecule has 0 aliphatic carbocycles. The number of hydrogen-bond donors (Lipinski definition) is 2. The van der Waals surface area contributed by atoms with Gasteiger partial charge in [0.1, 0.15) is 0 Å². The SMILES string of the molecule is CC(C)CC(CNC(=O)NC(C)c1ccccc1)N1CCOCC1. The highest BCUT2D eigenvalue weighted by molar-refractivity contribution is 5.74. The van der Waals surface area contributed by atoms with Gasteiger partial charge in [-0.2, -0.15) is 0 Å². The molecule has 0 spiro atoms. The van der Waals surface area contributed by atoms with E-state index in [4.69, 9.17) is 4.74 Å². The van der Waals surface area contributed by atoms with Crippen molar-refractivity contribution in [2.75, 3.05) is 32.8 Å². The first-order valence-electron chi connectivity index (χ1n) is 8.97. The third-order valence-electron chi connectivity index (χ3n) is 4.45. The molecule has 1 aliphatic rings. The molecule has 0 saturated carbocycles. The van der Waals surface area contributed by atoms with Crippen molar-refractivity contribution in [3.63, 3.8) is 0 Å². The Morgan fingerprint density at radius 3 is 2.46 bits per heavy atom. The van der Waals surface area contributed by atoms with E-state index in [0.29, 0.717) is 18.5 Å². The van der Waals surface area contributed by atoms with E-state index in [0.717, 1.165) is 38.3 Å². The average Bonchev–Trinajstić information content (AvgIpc) is 2.59. The number of nitrogens with zero attached hydrogens (tertiary/aromatic N) is 1. The van der Waals surface area contributed by atoms with Crippen molar-refractivity contribution in [1.29, 1.82) is 0 Å². The first-order valence-corrected chi connectivity index (χ1v) is 8.97. The number of amides is 2. The lowest BCUT2D eigenvalue weighted by atomic mass is 10.0. The predicted molar refractivity (Wildman–Crippen MR) is 97.0 cm³/mol. The molecule has 24 heavy (non-hydrogen) atoms. The standard InChI is InChI=1S/C19H31N3O2/c1-15(2)13-18(22-9-11-24-12-10-22)14-20-19(23)21-16(3)17-7-5-4-6-8-17/h4-8,15-16,18H,9-14H2,1-3H3,(H2,20,21,23). The van der Waals surface area contributed by atoms with Crippen molar-refractivity contribution in [2.45, 2.75) is 39.3 Å². The van der Waals surface area contributed by atoms with Crippen LogP contribution in [0.5, 0.6) is 0 Å². The van der Waals surface area contributed by atoms with E-state index in [1.807, 2.05) is 37.3 Å². The zero-order valence-corrected chi connectivity index (χ0v) is 15.1. The fourth-order valence-electron chi connectivity index (χ4n) is 3.13. The molecule has 2 N–H and O–H groups in total. The van der Waals surface area contributed by atoms with Crippen LogP contribution in [-0.4, -0.2) is 49.8 Å². The molecule has 134 valence electrons. The van der Waals surface area contributed by atoms with Crippen LogP contribution in [0.25, 0.3) is 0 Å². The molecule has 0 aromatic heterocycles. The summed E-state index contributed by atoms with van der Waals surface area (Å²) in [6.07, 6.45) is 1.08. The lowest BCUT2D eigenvalue weighted by Gasteiger charge is -2.35. The van der Waals surface area contributed by atoms with E-state index in [9.17, 15) is 4.79 Å². The Balaban J connectivity index is 1.82. The Morgan fingerprint density at radius 2 is 1.83 bits per heavy atom. The van der Waals surface area contributed by atoms with E-state index >= 15 is 0 Å². The van der Waals surface area contributed by atoms with Crippen molar-refractivity contribution in [2.24, 2.45) is 5.92 Å². The number of nitrogens with one attached hydrogen (secondary N) is 2. The van der Waals surface area contributed by atoms with Gasteiger partial charge in [-0.3, -0.25) is 4.90 Å². The molecule has 1 aromatic carbocycles. The molecular weight excluding hydrogens is 302 g/mol. The van der Waals surface area contributed by atoms with Crippen LogP contribution >= 0.6 is 0 Å². The molecule has 2 rings (SSSR count). The quantitative estimate of drug-likeness (QED) is 0.807. The van der Waals surface area contributed by atoms with Crippen molar-refractivity contribution in [3.8, 4) is 0 Å². The summed E-state index contributed by atoms with van der Waals surface area (Å²) in [5.74, 6) is 0.603. The normalized spacial score (nSPS) is 18.2. The number of benzene rings is 1. The smallest absolute Gasteiger partial charge is 0.315 e. The van der Waals surface area contributed by atoms with Crippen molar-refractivity contribution in [3.05, 3.63) is 35.9 Å². The van der Waals surface area contributed by atoms with Crippen LogP contribution in [-0.2, 0) is 4.74 Å². The van der Waals surface area contributed by atoms with E-state index < -0.39 is 0 Å². The fourth-order valence-corrected chi connectivity index (χ4v) is 3.13. The van der Waals surface area contributed by atoms with Gasteiger partial charge in [0, 0.05) is 25.7 Å². The number of hydrogen-bond acceptors (Lipinski definition) is 3. The summed E-state index contributed by atoms with van der Waals surface area (Å²) in [6, 6.07) is 10.3. The maximum atomic E-state index is 12.2. The average molecular weight is 333 g/mol. The number of rotatable bonds is 7. The van der Waals surface area contributed by atoms with Gasteiger partial charge >= 0.3 is 6.03 Å². The highest BCUT2D eigenvalue weighted by Gasteiger charge is 2.22. The molecule has 2 amide bonds. The van der Waals surface area contributed by atoms with Gasteiger partial charge in [-0.1, -0.05) is 44.2 Å². The summed E-state index contributed by atoms with van der Waals surface area (Å²) in [6.45, 7) is 10.6. The summed E-state index contributed by atoms with van der Waals surface area (Å²) < 4.78 is 5.44. The van der Waals surface area contributed by atoms with Gasteiger partial charge in [-0.05, 0) is 24.8 Å². The number of ether oxygens (including phenoxy) is 1. The third kappa shape index (κ3) is 6.13. The summed E-state index contributed by atoms with van der Waals surface area (Å²) in [5.41, 5.74) is 1.11. The molecule has 5 heteroatoms. The fraction of sp³-hybridized carbons (Fsp3) is 0.632. The zero-order valence-electron chi connectivity index (χ0n) is 15.1. The zero-order chi connectivity index (χ0) is 17.4. The summed E-state index contributed by atoms with van der Waals surface area (Å²) >= 11 is 0. The molecule has 0 radical (unpaired) electrons. The molecule has 1 saturated heterocycles. The Bertz CT molecular complexity index is 487. The van der Waals surface area contributed by atoms with E-state index in [2.05, 4.69) is 29.4 Å². The largest absolute Gasteiger partial charge is 0.379 e. The Morgan fingerprint density at radius 1 is 1.17 bits per heavy atom. The minimum atomic E-state index is -0.103. The van der Waals surface area contributed by atoms with Crippen LogP contribution in [0.4, 0.5) is 4.79 Å². The highest BCUT2D eigenvalue weighted by atomic mass is 16.5. The van der Waals surface area contributed by atoms with Crippen LogP contribution in [0, 0.1) is 5.92 Å². The second-order valence-corrected chi connectivity index (χ2v) is 6.92. The summed E-state index contributed by atoms with van der Waals surface area (Å²) in [4.78, 5) is 14.7. The molecule has 1 aliphatic heterocycles. The van der Waals surface area contributed by atoms with Crippen molar-refractivity contribution >= 4 is 6.03 Å². The minimum Gasteiger partial charge on any atom is -0.379 e. The highest BCUT2D eigenvalue weighted by Crippen LogP contribution is 2.13. The van der Waals surface area contributed by atoms with E-state index in [1.165, 1.54) is 0 Å². The molecule has 1 aromatic rings. The van der Waals surface area contributed by atoms with Crippen LogP contribution in [0.15, 0.2) is 30.3 Å². The molecular formula is C19H31N3O2. The second-order valence-electron chi connectivity index (χ2n) is 6.92. The first-order chi connectivity index (χ1) is 11.6. The van der Waals surface area contributed by atoms with Gasteiger partial charge in [0.2, 0.25) is 0 Å². The maximum Gasteiger partial charge on any atom is 0.315 e. The monoisotopic (exact) mass is 333 g/mol. The third-order valence-corrected chi connectivity index (χ3v) is 4.45. The van der Waals surface area contributed by atoms with Crippen LogP contribution in [0.1, 0.15) is 38.8 Å². The van der Waals surface area contributed by atoms with Gasteiger partial charge in [-0.15, -0.1) is 0 Å². The Kier molecular flexibility index (Phi) is 7.53. The maximum absolute atomic E-state index is 12.2. The minimum absolute atomic E-state index is 0.00173. The van der Waals surface area contributed by atoms with Crippen molar-refractivity contribution in [1.82, 2.24) is 15.5 Å². The van der Waals surface area contributed by atoms with Crippen LogP contribution in [0.2, 0.25) is 0 Å². The van der Waals surface area contributed by atoms with E-state index in [-0.39, 0.29) is 12.1 Å². The van der Waals surface area contributed by atoms with E-state index in [1.54, 1.807) is 0 Å². The van der Waals surface area contributed by atoms with Gasteiger partial charge in [0.05, 0.1) is 19.3 Å². The molecule has 1 fully saturated rings. The number of carbonyl (C=O) groups is 1. The first kappa shape index (κ1) is 18.7. The van der Waals surface area contributed by atoms with Gasteiger partial charge in [-0.25, -0.2) is 4.79 Å². The number of carbonyl (C=O) groups excluding carboxylic acids is 1. The Labute approximate surface area is 145 Å². The van der Waals surface area contributed by atoms with Crippen molar-refractivity contribution < 1.29 is 9.53 Å². The van der Waals surface area contributed by atoms with Gasteiger partial charge < -0.3 is 15.4 Å². The van der Waals surface area contributed by atoms with Crippen LogP contribution in [0.3, 0.4) is 0 Å². The lowest BCUT2D eigenvalue weighted by Crippen LogP contribution is -2.50. The lowest BCUT2D eigenvalue weighted by molar-refractivity contribution is 0.0129. The summed E-state index contributed by atoms with van der Waals surface area (Å²) in [7, 11) is 0. The number of morpholine rings is 1. The van der Waals surface area contributed by atoms with Gasteiger partial charge in [0.25, 0.3) is 0 Å². The topological polar surface area (TPSA) is 53.6 Å². The number of urea groups is 1. The molecule has 2 unspecified atom stereocenters. The van der Waals surface area contributed by atoms with Gasteiger partial charge in [0.15, 0.2) is 0 Å². The molecule has 0 bridgehead atoms.